The molecular weight excluding hydrogens is 376 g/mol. The fourth-order valence-electron chi connectivity index (χ4n) is 5.74. The molecule has 0 saturated heterocycles. The normalized spacial score (nSPS) is 19.0. The Morgan fingerprint density at radius 3 is 2.13 bits per heavy atom. The van der Waals surface area contributed by atoms with Crippen molar-refractivity contribution in [1.82, 2.24) is 0 Å². The molecule has 0 atom stereocenters. The van der Waals surface area contributed by atoms with Gasteiger partial charge in [0.05, 0.1) is 8.07 Å². The van der Waals surface area contributed by atoms with Crippen molar-refractivity contribution in [2.24, 2.45) is 5.41 Å². The van der Waals surface area contributed by atoms with Crippen LogP contribution in [0.2, 0.25) is 19.6 Å². The first-order valence-corrected chi connectivity index (χ1v) is 15.8. The molecule has 0 bridgehead atoms. The molecule has 0 spiro atoms. The van der Waals surface area contributed by atoms with Gasteiger partial charge in [-0.25, -0.2) is 0 Å². The number of allylic oxidation sites excluding steroid dienone is 1. The fourth-order valence-corrected chi connectivity index (χ4v) is 6.91. The average Bonchev–Trinajstić information content (AvgIpc) is 3.12. The van der Waals surface area contributed by atoms with Gasteiger partial charge in [0, 0.05) is 0 Å². The Balaban J connectivity index is 1.59. The van der Waals surface area contributed by atoms with Crippen LogP contribution in [0.3, 0.4) is 0 Å². The van der Waals surface area contributed by atoms with E-state index in [9.17, 15) is 0 Å². The molecule has 2 aromatic carbocycles. The van der Waals surface area contributed by atoms with Crippen LogP contribution in [-0.2, 0) is 6.42 Å². The summed E-state index contributed by atoms with van der Waals surface area (Å²) < 4.78 is 0. The molecule has 0 heterocycles. The predicted molar refractivity (Wildman–Crippen MR) is 136 cm³/mol. The third kappa shape index (κ3) is 4.67. The van der Waals surface area contributed by atoms with E-state index in [2.05, 4.69) is 75.1 Å². The summed E-state index contributed by atoms with van der Waals surface area (Å²) in [7, 11) is -1.25. The van der Waals surface area contributed by atoms with E-state index in [-0.39, 0.29) is 0 Å². The van der Waals surface area contributed by atoms with E-state index in [0.717, 1.165) is 6.42 Å². The lowest BCUT2D eigenvalue weighted by Gasteiger charge is -2.35. The molecule has 2 aromatic rings. The smallest absolute Gasteiger partial charge is 0.0656 e. The number of hydrogen-bond acceptors (Lipinski definition) is 0. The van der Waals surface area contributed by atoms with Crippen LogP contribution in [0, 0.1) is 5.41 Å². The van der Waals surface area contributed by atoms with E-state index in [1.165, 1.54) is 80.0 Å². The quantitative estimate of drug-likeness (QED) is 0.429. The minimum atomic E-state index is -1.25. The second kappa shape index (κ2) is 8.87. The lowest BCUT2D eigenvalue weighted by molar-refractivity contribution is 0.198. The molecule has 0 amide bonds. The topological polar surface area (TPSA) is 0 Å². The standard InChI is InChI=1S/C29H40Si/c1-5-29(18-9-7-6-8-10-19-29)22-23-20-25-12-11-13-27(28(25)21-23)24-14-16-26(17-15-24)30(2,3)4/h11-17,21H,5-10,18-20,22H2,1-4H3. The van der Waals surface area contributed by atoms with E-state index >= 15 is 0 Å². The van der Waals surface area contributed by atoms with Crippen LogP contribution >= 0.6 is 0 Å². The Morgan fingerprint density at radius 1 is 0.833 bits per heavy atom. The minimum absolute atomic E-state index is 0.549. The molecule has 1 saturated carbocycles. The zero-order chi connectivity index (χ0) is 21.2. The number of rotatable bonds is 5. The number of benzene rings is 2. The van der Waals surface area contributed by atoms with Crippen LogP contribution in [-0.4, -0.2) is 8.07 Å². The van der Waals surface area contributed by atoms with Gasteiger partial charge in [0.25, 0.3) is 0 Å². The largest absolute Gasteiger partial charge is 0.0775 e. The van der Waals surface area contributed by atoms with Crippen LogP contribution in [0.15, 0.2) is 48.0 Å². The van der Waals surface area contributed by atoms with Gasteiger partial charge >= 0.3 is 0 Å². The molecule has 4 rings (SSSR count). The van der Waals surface area contributed by atoms with E-state index in [1.54, 1.807) is 10.8 Å². The fraction of sp³-hybridized carbons (Fsp3) is 0.517. The number of hydrogen-bond donors (Lipinski definition) is 0. The zero-order valence-corrected chi connectivity index (χ0v) is 20.7. The monoisotopic (exact) mass is 416 g/mol. The summed E-state index contributed by atoms with van der Waals surface area (Å²) in [6.07, 6.45) is 16.4. The van der Waals surface area contributed by atoms with Crippen molar-refractivity contribution in [2.75, 3.05) is 0 Å². The van der Waals surface area contributed by atoms with Crippen molar-refractivity contribution in [1.29, 1.82) is 0 Å². The highest BCUT2D eigenvalue weighted by Gasteiger charge is 2.31. The summed E-state index contributed by atoms with van der Waals surface area (Å²) in [6.45, 7) is 9.72. The summed E-state index contributed by atoms with van der Waals surface area (Å²) in [6, 6.07) is 16.4. The Labute approximate surface area is 185 Å². The van der Waals surface area contributed by atoms with Crippen LogP contribution in [0.1, 0.15) is 75.8 Å². The summed E-state index contributed by atoms with van der Waals surface area (Å²) in [4.78, 5) is 0. The highest BCUT2D eigenvalue weighted by atomic mass is 28.3. The predicted octanol–water partition coefficient (Wildman–Crippen LogP) is 8.37. The molecular formula is C29H40Si. The molecule has 1 fully saturated rings. The van der Waals surface area contributed by atoms with Crippen LogP contribution in [0.4, 0.5) is 0 Å². The second-order valence-electron chi connectivity index (χ2n) is 11.0. The molecule has 30 heavy (non-hydrogen) atoms. The van der Waals surface area contributed by atoms with Crippen LogP contribution in [0.5, 0.6) is 0 Å². The maximum atomic E-state index is 2.56. The number of fused-ring (bicyclic) bond motifs is 1. The highest BCUT2D eigenvalue weighted by Crippen LogP contribution is 2.45. The Bertz CT molecular complexity index is 887. The van der Waals surface area contributed by atoms with E-state index < -0.39 is 8.07 Å². The van der Waals surface area contributed by atoms with Crippen molar-refractivity contribution in [3.8, 4) is 11.1 Å². The molecule has 0 nitrogen and oxygen atoms in total. The van der Waals surface area contributed by atoms with Crippen LogP contribution in [0.25, 0.3) is 17.2 Å². The van der Waals surface area contributed by atoms with Gasteiger partial charge < -0.3 is 0 Å². The van der Waals surface area contributed by atoms with Gasteiger partial charge in [-0.3, -0.25) is 0 Å². The first kappa shape index (κ1) is 21.6. The summed E-state index contributed by atoms with van der Waals surface area (Å²) in [5.74, 6) is 0. The van der Waals surface area contributed by atoms with Crippen molar-refractivity contribution in [3.63, 3.8) is 0 Å². The Morgan fingerprint density at radius 2 is 1.50 bits per heavy atom. The average molecular weight is 417 g/mol. The summed E-state index contributed by atoms with van der Waals surface area (Å²) >= 11 is 0. The Kier molecular flexibility index (Phi) is 6.39. The van der Waals surface area contributed by atoms with E-state index in [1.807, 2.05) is 0 Å². The van der Waals surface area contributed by atoms with Gasteiger partial charge in [-0.2, -0.15) is 0 Å². The molecule has 0 aromatic heterocycles. The molecule has 0 radical (unpaired) electrons. The van der Waals surface area contributed by atoms with Gasteiger partial charge in [0.15, 0.2) is 0 Å². The first-order chi connectivity index (χ1) is 14.4. The lowest BCUT2D eigenvalue weighted by Crippen LogP contribution is -2.37. The van der Waals surface area contributed by atoms with E-state index in [0.29, 0.717) is 5.41 Å². The minimum Gasteiger partial charge on any atom is -0.0656 e. The molecule has 0 aliphatic heterocycles. The van der Waals surface area contributed by atoms with Crippen molar-refractivity contribution in [3.05, 3.63) is 59.2 Å². The first-order valence-electron chi connectivity index (χ1n) is 12.3. The summed E-state index contributed by atoms with van der Waals surface area (Å²) in [5, 5.41) is 1.55. The summed E-state index contributed by atoms with van der Waals surface area (Å²) in [5.41, 5.74) is 8.06. The maximum Gasteiger partial charge on any atom is 0.0775 e. The molecule has 2 aliphatic rings. The lowest BCUT2D eigenvalue weighted by atomic mass is 9.70. The second-order valence-corrected chi connectivity index (χ2v) is 16.1. The van der Waals surface area contributed by atoms with Crippen molar-refractivity contribution < 1.29 is 0 Å². The third-order valence-corrected chi connectivity index (χ3v) is 9.86. The molecule has 160 valence electrons. The highest BCUT2D eigenvalue weighted by molar-refractivity contribution is 6.88. The molecule has 0 unspecified atom stereocenters. The van der Waals surface area contributed by atoms with Gasteiger partial charge in [-0.05, 0) is 53.4 Å². The van der Waals surface area contributed by atoms with Crippen molar-refractivity contribution in [2.45, 2.75) is 90.8 Å². The maximum absolute atomic E-state index is 2.56. The van der Waals surface area contributed by atoms with Crippen LogP contribution < -0.4 is 5.19 Å². The SMILES string of the molecule is CCC1(CC2=Cc3c(cccc3-c3ccc([Si](C)(C)C)cc3)C2)CCCCCCC1. The van der Waals surface area contributed by atoms with Gasteiger partial charge in [-0.1, -0.05) is 124 Å². The molecule has 0 N–H and O–H groups in total. The Hall–Kier alpha value is -1.60. The third-order valence-electron chi connectivity index (χ3n) is 7.79. The molecule has 2 aliphatic carbocycles. The zero-order valence-electron chi connectivity index (χ0n) is 19.7. The molecule has 1 heteroatoms. The van der Waals surface area contributed by atoms with Gasteiger partial charge in [-0.15, -0.1) is 0 Å². The van der Waals surface area contributed by atoms with Crippen molar-refractivity contribution >= 4 is 19.3 Å². The van der Waals surface area contributed by atoms with Gasteiger partial charge in [0.1, 0.15) is 0 Å². The van der Waals surface area contributed by atoms with E-state index in [4.69, 9.17) is 0 Å². The van der Waals surface area contributed by atoms with Gasteiger partial charge in [0.2, 0.25) is 0 Å².